The summed E-state index contributed by atoms with van der Waals surface area (Å²) >= 11 is 9.30. The molecule has 1 aliphatic carbocycles. The van der Waals surface area contributed by atoms with Crippen molar-refractivity contribution in [3.8, 4) is 0 Å². The maximum Gasteiger partial charge on any atom is 0.258 e. The Morgan fingerprint density at radius 3 is 3.13 bits per heavy atom. The van der Waals surface area contributed by atoms with Gasteiger partial charge in [0.15, 0.2) is 5.13 Å². The number of thiazole rings is 1. The number of hydrogen-bond acceptors (Lipinski definition) is 4. The average molecular weight is 363 g/mol. The van der Waals surface area contributed by atoms with Crippen LogP contribution in [0.25, 0.3) is 10.2 Å². The van der Waals surface area contributed by atoms with Crippen LogP contribution in [-0.2, 0) is 12.8 Å². The Morgan fingerprint density at radius 2 is 2.30 bits per heavy atom. The molecule has 3 aromatic rings. The molecular weight excluding hydrogens is 348 g/mol. The van der Waals surface area contributed by atoms with Crippen molar-refractivity contribution in [3.63, 3.8) is 0 Å². The van der Waals surface area contributed by atoms with E-state index in [0.717, 1.165) is 35.0 Å². The highest BCUT2D eigenvalue weighted by molar-refractivity contribution is 7.22. The summed E-state index contributed by atoms with van der Waals surface area (Å²) in [5.41, 5.74) is 2.78. The van der Waals surface area contributed by atoms with Gasteiger partial charge < -0.3 is 0 Å². The van der Waals surface area contributed by atoms with E-state index in [-0.39, 0.29) is 5.91 Å². The quantitative estimate of drug-likeness (QED) is 0.664. The average Bonchev–Trinajstić information content (AvgIpc) is 3.11. The molecule has 6 heteroatoms. The number of fused-ring (bicyclic) bond motifs is 2. The molecule has 0 fully saturated rings. The summed E-state index contributed by atoms with van der Waals surface area (Å²) in [5, 5.41) is 6.13. The Bertz CT molecular complexity index is 899. The molecule has 0 bridgehead atoms. The predicted octanol–water partition coefficient (Wildman–Crippen LogP) is 5.39. The third-order valence-corrected chi connectivity index (χ3v) is 6.53. The minimum Gasteiger partial charge on any atom is -0.298 e. The van der Waals surface area contributed by atoms with Gasteiger partial charge in [-0.15, -0.1) is 11.3 Å². The third kappa shape index (κ3) is 2.77. The summed E-state index contributed by atoms with van der Waals surface area (Å²) < 4.78 is 0.981. The highest BCUT2D eigenvalue weighted by Gasteiger charge is 2.23. The van der Waals surface area contributed by atoms with Crippen LogP contribution in [0.3, 0.4) is 0 Å². The van der Waals surface area contributed by atoms with E-state index in [9.17, 15) is 4.79 Å². The van der Waals surface area contributed by atoms with Crippen LogP contribution in [0.4, 0.5) is 5.13 Å². The van der Waals surface area contributed by atoms with Crippen molar-refractivity contribution >= 4 is 55.5 Å². The maximum absolute atomic E-state index is 12.6. The number of thiophene rings is 1. The van der Waals surface area contributed by atoms with Crippen LogP contribution in [0.15, 0.2) is 23.6 Å². The van der Waals surface area contributed by atoms with E-state index in [0.29, 0.717) is 16.1 Å². The first kappa shape index (κ1) is 15.1. The Morgan fingerprint density at radius 1 is 1.43 bits per heavy atom. The van der Waals surface area contributed by atoms with Crippen LogP contribution in [0.1, 0.15) is 34.1 Å². The zero-order valence-electron chi connectivity index (χ0n) is 12.6. The topological polar surface area (TPSA) is 42.0 Å². The van der Waals surface area contributed by atoms with E-state index in [4.69, 9.17) is 11.6 Å². The second kappa shape index (κ2) is 5.89. The fourth-order valence-corrected chi connectivity index (χ4v) is 5.41. The van der Waals surface area contributed by atoms with E-state index in [1.54, 1.807) is 11.3 Å². The molecule has 0 saturated heterocycles. The fraction of sp³-hybridized carbons (Fsp3) is 0.294. The van der Waals surface area contributed by atoms with E-state index in [1.807, 2.05) is 23.6 Å². The number of nitrogens with one attached hydrogen (secondary N) is 1. The van der Waals surface area contributed by atoms with E-state index < -0.39 is 0 Å². The van der Waals surface area contributed by atoms with Gasteiger partial charge in [0.05, 0.1) is 15.3 Å². The van der Waals surface area contributed by atoms with Gasteiger partial charge in [-0.2, -0.15) is 0 Å². The number of rotatable bonds is 2. The number of halogens is 1. The van der Waals surface area contributed by atoms with E-state index >= 15 is 0 Å². The van der Waals surface area contributed by atoms with Crippen LogP contribution in [-0.4, -0.2) is 10.9 Å². The van der Waals surface area contributed by atoms with Gasteiger partial charge in [-0.05, 0) is 42.9 Å². The number of benzene rings is 1. The van der Waals surface area contributed by atoms with Gasteiger partial charge >= 0.3 is 0 Å². The molecule has 4 rings (SSSR count). The molecule has 23 heavy (non-hydrogen) atoms. The molecule has 2 heterocycles. The zero-order chi connectivity index (χ0) is 16.0. The SMILES string of the molecule is C[C@H]1CCc2c(C(=O)Nc3nc4c(Cl)cccc4s3)csc2C1. The molecule has 1 aromatic carbocycles. The smallest absolute Gasteiger partial charge is 0.258 e. The number of anilines is 1. The van der Waals surface area contributed by atoms with Gasteiger partial charge in [0.25, 0.3) is 5.91 Å². The number of hydrogen-bond donors (Lipinski definition) is 1. The van der Waals surface area contributed by atoms with Crippen molar-refractivity contribution in [1.29, 1.82) is 0 Å². The molecule has 2 aromatic heterocycles. The molecule has 1 amide bonds. The molecule has 3 nitrogen and oxygen atoms in total. The summed E-state index contributed by atoms with van der Waals surface area (Å²) in [6.07, 6.45) is 3.24. The lowest BCUT2D eigenvalue weighted by molar-refractivity contribution is 0.102. The van der Waals surface area contributed by atoms with E-state index in [1.165, 1.54) is 21.8 Å². The van der Waals surface area contributed by atoms with Crippen LogP contribution < -0.4 is 5.32 Å². The Hall–Kier alpha value is -1.43. The highest BCUT2D eigenvalue weighted by atomic mass is 35.5. The van der Waals surface area contributed by atoms with Gasteiger partial charge in [0.1, 0.15) is 5.52 Å². The largest absolute Gasteiger partial charge is 0.298 e. The first-order chi connectivity index (χ1) is 11.1. The van der Waals surface area contributed by atoms with Crippen LogP contribution in [0.2, 0.25) is 5.02 Å². The second-order valence-electron chi connectivity index (χ2n) is 5.96. The first-order valence-corrected chi connectivity index (χ1v) is 9.65. The van der Waals surface area contributed by atoms with Crippen molar-refractivity contribution in [3.05, 3.63) is 44.6 Å². The predicted molar refractivity (Wildman–Crippen MR) is 98.1 cm³/mol. The van der Waals surface area contributed by atoms with Crippen LogP contribution in [0, 0.1) is 5.92 Å². The number of carbonyl (C=O) groups is 1. The number of para-hydroxylation sites is 1. The van der Waals surface area contributed by atoms with Crippen molar-refractivity contribution in [2.45, 2.75) is 26.2 Å². The summed E-state index contributed by atoms with van der Waals surface area (Å²) in [6.45, 7) is 2.27. The summed E-state index contributed by atoms with van der Waals surface area (Å²) in [6, 6.07) is 5.67. The number of aromatic nitrogens is 1. The zero-order valence-corrected chi connectivity index (χ0v) is 14.9. The Balaban J connectivity index is 1.61. The highest BCUT2D eigenvalue weighted by Crippen LogP contribution is 2.34. The van der Waals surface area contributed by atoms with E-state index in [2.05, 4.69) is 17.2 Å². The lowest BCUT2D eigenvalue weighted by Crippen LogP contribution is -2.16. The second-order valence-corrected chi connectivity index (χ2v) is 8.36. The van der Waals surface area contributed by atoms with Crippen molar-refractivity contribution < 1.29 is 4.79 Å². The summed E-state index contributed by atoms with van der Waals surface area (Å²) in [5.74, 6) is 0.649. The minimum absolute atomic E-state index is 0.0627. The number of nitrogens with zero attached hydrogens (tertiary/aromatic N) is 1. The minimum atomic E-state index is -0.0627. The molecule has 118 valence electrons. The van der Waals surface area contributed by atoms with Gasteiger partial charge in [0.2, 0.25) is 0 Å². The maximum atomic E-state index is 12.6. The fourth-order valence-electron chi connectivity index (χ4n) is 3.00. The summed E-state index contributed by atoms with van der Waals surface area (Å²) in [7, 11) is 0. The normalized spacial score (nSPS) is 17.2. The molecule has 0 spiro atoms. The van der Waals surface area contributed by atoms with Gasteiger partial charge in [0, 0.05) is 10.3 Å². The van der Waals surface area contributed by atoms with Gasteiger partial charge in [-0.1, -0.05) is 35.9 Å². The standard InChI is InChI=1S/C17H15ClN2OS2/c1-9-5-6-10-11(8-22-14(10)7-9)16(21)20-17-19-15-12(18)3-2-4-13(15)23-17/h2-4,8-9H,5-7H2,1H3,(H,19,20,21)/t9-/m0/s1. The van der Waals surface area contributed by atoms with Gasteiger partial charge in [-0.25, -0.2) is 4.98 Å². The molecule has 0 unspecified atom stereocenters. The summed E-state index contributed by atoms with van der Waals surface area (Å²) in [4.78, 5) is 18.4. The third-order valence-electron chi connectivity index (χ3n) is 4.24. The molecule has 1 N–H and O–H groups in total. The number of amides is 1. The molecule has 0 aliphatic heterocycles. The lowest BCUT2D eigenvalue weighted by Gasteiger charge is -2.18. The van der Waals surface area contributed by atoms with Crippen LogP contribution >= 0.6 is 34.3 Å². The van der Waals surface area contributed by atoms with Gasteiger partial charge in [-0.3, -0.25) is 10.1 Å². The Labute approximate surface area is 147 Å². The monoisotopic (exact) mass is 362 g/mol. The molecule has 0 radical (unpaired) electrons. The molecule has 1 aliphatic rings. The molecule has 1 atom stereocenters. The molecule has 0 saturated carbocycles. The first-order valence-electron chi connectivity index (χ1n) is 7.57. The Kier molecular flexibility index (Phi) is 3.87. The van der Waals surface area contributed by atoms with Crippen molar-refractivity contribution in [1.82, 2.24) is 4.98 Å². The van der Waals surface area contributed by atoms with Crippen molar-refractivity contribution in [2.24, 2.45) is 5.92 Å². The van der Waals surface area contributed by atoms with Crippen molar-refractivity contribution in [2.75, 3.05) is 5.32 Å². The van der Waals surface area contributed by atoms with Crippen LogP contribution in [0.5, 0.6) is 0 Å². The molecular formula is C17H15ClN2OS2. The number of carbonyl (C=O) groups excluding carboxylic acids is 1. The lowest BCUT2D eigenvalue weighted by atomic mass is 9.88.